The van der Waals surface area contributed by atoms with Crippen molar-refractivity contribution in [2.45, 2.75) is 25.6 Å². The lowest BCUT2D eigenvalue weighted by atomic mass is 10.2. The minimum absolute atomic E-state index is 0.00650. The van der Waals surface area contributed by atoms with E-state index in [4.69, 9.17) is 11.6 Å². The van der Waals surface area contributed by atoms with E-state index in [0.29, 0.717) is 12.1 Å². The van der Waals surface area contributed by atoms with Crippen LogP contribution in [0.2, 0.25) is 5.02 Å². The molecule has 0 unspecified atom stereocenters. The highest BCUT2D eigenvalue weighted by Crippen LogP contribution is 2.20. The number of nitrogens with one attached hydrogen (secondary N) is 1. The molecule has 17 heavy (non-hydrogen) atoms. The van der Waals surface area contributed by atoms with Crippen molar-refractivity contribution in [3.8, 4) is 0 Å². The summed E-state index contributed by atoms with van der Waals surface area (Å²) in [5.74, 6) is -0.454. The maximum Gasteiger partial charge on any atom is 0.389 e. The summed E-state index contributed by atoms with van der Waals surface area (Å²) in [4.78, 5) is 0. The Kier molecular flexibility index (Phi) is 5.21. The summed E-state index contributed by atoms with van der Waals surface area (Å²) in [6.45, 7) is 0.531. The molecular weight excluding hydrogens is 258 g/mol. The van der Waals surface area contributed by atoms with Gasteiger partial charge in [0, 0.05) is 18.0 Å². The molecule has 1 aromatic carbocycles. The average Bonchev–Trinajstić information content (AvgIpc) is 2.13. The van der Waals surface area contributed by atoms with E-state index in [1.165, 1.54) is 12.1 Å². The molecule has 0 saturated heterocycles. The van der Waals surface area contributed by atoms with E-state index in [2.05, 4.69) is 5.32 Å². The average molecular weight is 270 g/mol. The third kappa shape index (κ3) is 6.48. The highest BCUT2D eigenvalue weighted by atomic mass is 35.5. The van der Waals surface area contributed by atoms with Gasteiger partial charge in [0.15, 0.2) is 0 Å². The lowest BCUT2D eigenvalue weighted by molar-refractivity contribution is -0.135. The maximum atomic E-state index is 12.9. The Morgan fingerprint density at radius 2 is 1.88 bits per heavy atom. The van der Waals surface area contributed by atoms with Gasteiger partial charge in [-0.15, -0.1) is 0 Å². The zero-order chi connectivity index (χ0) is 12.9. The fraction of sp³-hybridized carbons (Fsp3) is 0.455. The van der Waals surface area contributed by atoms with E-state index in [-0.39, 0.29) is 18.0 Å². The van der Waals surface area contributed by atoms with E-state index in [0.717, 1.165) is 0 Å². The fourth-order valence-corrected chi connectivity index (χ4v) is 1.60. The Bertz CT molecular complexity index is 345. The Morgan fingerprint density at radius 1 is 1.18 bits per heavy atom. The molecule has 6 heteroatoms. The number of benzene rings is 1. The molecule has 0 aliphatic carbocycles. The van der Waals surface area contributed by atoms with Crippen molar-refractivity contribution in [1.82, 2.24) is 5.32 Å². The molecule has 1 aromatic rings. The van der Waals surface area contributed by atoms with Gasteiger partial charge < -0.3 is 5.32 Å². The van der Waals surface area contributed by atoms with Crippen molar-refractivity contribution in [3.05, 3.63) is 34.6 Å². The zero-order valence-electron chi connectivity index (χ0n) is 8.95. The second-order valence-corrected chi connectivity index (χ2v) is 4.11. The lowest BCUT2D eigenvalue weighted by Gasteiger charge is -2.07. The first kappa shape index (κ1) is 14.3. The summed E-state index contributed by atoms with van der Waals surface area (Å²) in [5.41, 5.74) is 0.613. The number of alkyl halides is 3. The molecule has 0 bridgehead atoms. The third-order valence-corrected chi connectivity index (χ3v) is 2.28. The molecular formula is C11H12ClF4N. The van der Waals surface area contributed by atoms with Gasteiger partial charge in [0.1, 0.15) is 5.82 Å². The summed E-state index contributed by atoms with van der Waals surface area (Å²) in [6.07, 6.45) is -4.93. The van der Waals surface area contributed by atoms with Crippen molar-refractivity contribution < 1.29 is 17.6 Å². The zero-order valence-corrected chi connectivity index (χ0v) is 9.71. The predicted octanol–water partition coefficient (Wildman–Crippen LogP) is 3.91. The minimum atomic E-state index is -4.12. The van der Waals surface area contributed by atoms with E-state index < -0.39 is 18.4 Å². The van der Waals surface area contributed by atoms with Gasteiger partial charge in [-0.3, -0.25) is 0 Å². The van der Waals surface area contributed by atoms with Gasteiger partial charge in [0.2, 0.25) is 0 Å². The van der Waals surface area contributed by atoms with Crippen LogP contribution in [-0.4, -0.2) is 12.7 Å². The first-order chi connectivity index (χ1) is 7.87. The van der Waals surface area contributed by atoms with Crippen LogP contribution in [-0.2, 0) is 6.54 Å². The van der Waals surface area contributed by atoms with Gasteiger partial charge in [-0.2, -0.15) is 13.2 Å². The van der Waals surface area contributed by atoms with Crippen LogP contribution < -0.4 is 5.32 Å². The molecule has 0 aromatic heterocycles. The Morgan fingerprint density at radius 3 is 2.47 bits per heavy atom. The van der Waals surface area contributed by atoms with Crippen molar-refractivity contribution in [1.29, 1.82) is 0 Å². The molecule has 0 saturated carbocycles. The van der Waals surface area contributed by atoms with Gasteiger partial charge >= 0.3 is 6.18 Å². The molecule has 0 spiro atoms. The fourth-order valence-electron chi connectivity index (χ4n) is 1.36. The third-order valence-electron chi connectivity index (χ3n) is 2.07. The Hall–Kier alpha value is -0.810. The Balaban J connectivity index is 2.27. The van der Waals surface area contributed by atoms with Gasteiger partial charge in [0.25, 0.3) is 0 Å². The molecule has 0 heterocycles. The molecule has 0 radical (unpaired) electrons. The number of halogens is 5. The highest BCUT2D eigenvalue weighted by Gasteiger charge is 2.25. The maximum absolute atomic E-state index is 12.9. The van der Waals surface area contributed by atoms with Crippen LogP contribution >= 0.6 is 11.6 Å². The predicted molar refractivity (Wildman–Crippen MR) is 58.4 cm³/mol. The van der Waals surface area contributed by atoms with E-state index in [1.54, 1.807) is 6.07 Å². The van der Waals surface area contributed by atoms with E-state index in [9.17, 15) is 17.6 Å². The van der Waals surface area contributed by atoms with E-state index >= 15 is 0 Å². The van der Waals surface area contributed by atoms with Crippen molar-refractivity contribution in [2.24, 2.45) is 0 Å². The summed E-state index contributed by atoms with van der Waals surface area (Å²) in [6, 6.07) is 4.04. The van der Waals surface area contributed by atoms with Crippen LogP contribution in [0.5, 0.6) is 0 Å². The molecule has 0 fully saturated rings. The highest BCUT2D eigenvalue weighted by molar-refractivity contribution is 6.30. The van der Waals surface area contributed by atoms with Crippen LogP contribution in [0.25, 0.3) is 0 Å². The first-order valence-electron chi connectivity index (χ1n) is 5.09. The molecule has 0 amide bonds. The topological polar surface area (TPSA) is 12.0 Å². The molecule has 96 valence electrons. The molecule has 0 aliphatic rings. The van der Waals surface area contributed by atoms with E-state index in [1.807, 2.05) is 0 Å². The van der Waals surface area contributed by atoms with Crippen LogP contribution in [0.1, 0.15) is 18.4 Å². The summed E-state index contributed by atoms with van der Waals surface area (Å²) in [7, 11) is 0. The largest absolute Gasteiger partial charge is 0.389 e. The quantitative estimate of drug-likeness (QED) is 0.631. The summed E-state index contributed by atoms with van der Waals surface area (Å²) < 4.78 is 48.3. The SMILES string of the molecule is Fc1cc(Cl)cc(CNCCCC(F)(F)F)c1. The number of rotatable bonds is 5. The first-order valence-corrected chi connectivity index (χ1v) is 5.47. The van der Waals surface area contributed by atoms with Gasteiger partial charge in [0.05, 0.1) is 0 Å². The van der Waals surface area contributed by atoms with Crippen LogP contribution in [0.3, 0.4) is 0 Å². The molecule has 1 rings (SSSR count). The summed E-state index contributed by atoms with van der Waals surface area (Å²) in [5, 5.41) is 3.08. The second kappa shape index (κ2) is 6.21. The van der Waals surface area contributed by atoms with Gasteiger partial charge in [-0.1, -0.05) is 11.6 Å². The minimum Gasteiger partial charge on any atom is -0.313 e. The monoisotopic (exact) mass is 269 g/mol. The second-order valence-electron chi connectivity index (χ2n) is 3.67. The molecule has 0 aliphatic heterocycles. The lowest BCUT2D eigenvalue weighted by Crippen LogP contribution is -2.17. The van der Waals surface area contributed by atoms with Crippen LogP contribution in [0.4, 0.5) is 17.6 Å². The molecule has 1 nitrogen and oxygen atoms in total. The van der Waals surface area contributed by atoms with Crippen LogP contribution in [0.15, 0.2) is 18.2 Å². The standard InChI is InChI=1S/C11H12ClF4N/c12-9-4-8(5-10(13)6-9)7-17-3-1-2-11(14,15)16/h4-6,17H,1-3,7H2. The van der Waals surface area contributed by atoms with Crippen molar-refractivity contribution in [3.63, 3.8) is 0 Å². The molecule has 1 N–H and O–H groups in total. The van der Waals surface area contributed by atoms with Crippen LogP contribution in [0, 0.1) is 5.82 Å². The van der Waals surface area contributed by atoms with Gasteiger partial charge in [-0.05, 0) is 36.7 Å². The normalized spacial score (nSPS) is 11.8. The van der Waals surface area contributed by atoms with Crippen molar-refractivity contribution >= 4 is 11.6 Å². The molecule has 0 atom stereocenters. The number of hydrogen-bond acceptors (Lipinski definition) is 1. The Labute approximate surface area is 102 Å². The smallest absolute Gasteiger partial charge is 0.313 e. The van der Waals surface area contributed by atoms with Crippen molar-refractivity contribution in [2.75, 3.05) is 6.54 Å². The van der Waals surface area contributed by atoms with Gasteiger partial charge in [-0.25, -0.2) is 4.39 Å². The summed E-state index contributed by atoms with van der Waals surface area (Å²) >= 11 is 5.63. The number of hydrogen-bond donors (Lipinski definition) is 1.